The second kappa shape index (κ2) is 12.7. The maximum Gasteiger partial charge on any atom is 0.325 e. The zero-order chi connectivity index (χ0) is 17.7. The highest BCUT2D eigenvalue weighted by molar-refractivity contribution is 5.89. The molecule has 0 unspecified atom stereocenters. The predicted molar refractivity (Wildman–Crippen MR) is 86.0 cm³/mol. The van der Waals surface area contributed by atoms with Crippen molar-refractivity contribution in [2.24, 2.45) is 0 Å². The topological polar surface area (TPSA) is 128 Å². The number of aliphatic hydroxyl groups excluding tert-OH is 1. The van der Waals surface area contributed by atoms with Crippen molar-refractivity contribution in [3.05, 3.63) is 0 Å². The average Bonchev–Trinajstić information content (AvgIpc) is 2.51. The van der Waals surface area contributed by atoms with Crippen molar-refractivity contribution in [3.8, 4) is 0 Å². The summed E-state index contributed by atoms with van der Waals surface area (Å²) >= 11 is 0. The van der Waals surface area contributed by atoms with E-state index in [-0.39, 0.29) is 0 Å². The van der Waals surface area contributed by atoms with E-state index in [0.717, 1.165) is 19.3 Å². The number of amides is 3. The van der Waals surface area contributed by atoms with Crippen LogP contribution in [0.25, 0.3) is 0 Å². The quantitative estimate of drug-likeness (QED) is 0.335. The molecule has 0 fully saturated rings. The minimum Gasteiger partial charge on any atom is -0.480 e. The van der Waals surface area contributed by atoms with Gasteiger partial charge in [0.2, 0.25) is 5.91 Å². The van der Waals surface area contributed by atoms with Gasteiger partial charge in [-0.15, -0.1) is 0 Å². The van der Waals surface area contributed by atoms with E-state index in [9.17, 15) is 14.4 Å². The first-order valence-electron chi connectivity index (χ1n) is 8.10. The third-order valence-electron chi connectivity index (χ3n) is 3.35. The Kier molecular flexibility index (Phi) is 11.7. The number of aliphatic hydroxyl groups is 1. The number of nitrogens with one attached hydrogen (secondary N) is 3. The molecule has 134 valence electrons. The summed E-state index contributed by atoms with van der Waals surface area (Å²) in [7, 11) is 0. The Labute approximate surface area is 137 Å². The number of unbranched alkanes of at least 4 members (excludes halogenated alkanes) is 5. The van der Waals surface area contributed by atoms with E-state index in [2.05, 4.69) is 22.9 Å². The van der Waals surface area contributed by atoms with Crippen molar-refractivity contribution >= 4 is 17.9 Å². The van der Waals surface area contributed by atoms with Crippen LogP contribution in [0.2, 0.25) is 0 Å². The molecule has 0 aliphatic carbocycles. The van der Waals surface area contributed by atoms with Gasteiger partial charge in [0, 0.05) is 6.54 Å². The van der Waals surface area contributed by atoms with Crippen molar-refractivity contribution < 1.29 is 24.6 Å². The van der Waals surface area contributed by atoms with Gasteiger partial charge in [-0.25, -0.2) is 4.79 Å². The molecule has 0 radical (unpaired) electrons. The fourth-order valence-electron chi connectivity index (χ4n) is 1.89. The summed E-state index contributed by atoms with van der Waals surface area (Å²) < 4.78 is 0. The summed E-state index contributed by atoms with van der Waals surface area (Å²) in [4.78, 5) is 34.0. The molecule has 5 N–H and O–H groups in total. The number of rotatable bonds is 12. The van der Waals surface area contributed by atoms with E-state index < -0.39 is 36.6 Å². The molecular formula is C15H29N3O5. The Balaban J connectivity index is 3.96. The van der Waals surface area contributed by atoms with Gasteiger partial charge >= 0.3 is 12.0 Å². The predicted octanol–water partition coefficient (Wildman–Crippen LogP) is 0.596. The van der Waals surface area contributed by atoms with E-state index in [4.69, 9.17) is 10.2 Å². The van der Waals surface area contributed by atoms with Crippen LogP contribution in [0.4, 0.5) is 4.79 Å². The second-order valence-corrected chi connectivity index (χ2v) is 5.47. The molecule has 0 aliphatic heterocycles. The zero-order valence-corrected chi connectivity index (χ0v) is 13.9. The van der Waals surface area contributed by atoms with Gasteiger partial charge in [-0.05, 0) is 13.3 Å². The SMILES string of the molecule is CCCCCCCCNC(=O)N[C@@H](CO)C(=O)N[C@@H](C)C(=O)O. The summed E-state index contributed by atoms with van der Waals surface area (Å²) in [5.74, 6) is -1.93. The minimum atomic E-state index is -1.19. The lowest BCUT2D eigenvalue weighted by molar-refractivity contribution is -0.141. The lowest BCUT2D eigenvalue weighted by Gasteiger charge is -2.18. The molecule has 23 heavy (non-hydrogen) atoms. The van der Waals surface area contributed by atoms with Gasteiger partial charge in [-0.3, -0.25) is 9.59 Å². The second-order valence-electron chi connectivity index (χ2n) is 5.47. The van der Waals surface area contributed by atoms with Gasteiger partial charge in [0.15, 0.2) is 0 Å². The van der Waals surface area contributed by atoms with Gasteiger partial charge in [0.05, 0.1) is 6.61 Å². The third-order valence-corrected chi connectivity index (χ3v) is 3.35. The molecule has 8 heteroatoms. The van der Waals surface area contributed by atoms with E-state index >= 15 is 0 Å². The molecule has 8 nitrogen and oxygen atoms in total. The van der Waals surface area contributed by atoms with E-state index in [1.807, 2.05) is 0 Å². The highest BCUT2D eigenvalue weighted by Crippen LogP contribution is 2.03. The number of carbonyl (C=O) groups excluding carboxylic acids is 2. The first-order chi connectivity index (χ1) is 10.9. The highest BCUT2D eigenvalue weighted by atomic mass is 16.4. The number of hydrogen-bond donors (Lipinski definition) is 5. The van der Waals surface area contributed by atoms with Crippen molar-refractivity contribution in [1.29, 1.82) is 0 Å². The van der Waals surface area contributed by atoms with E-state index in [1.54, 1.807) is 0 Å². The zero-order valence-electron chi connectivity index (χ0n) is 13.9. The number of carbonyl (C=O) groups is 3. The Morgan fingerprint density at radius 1 is 1.00 bits per heavy atom. The van der Waals surface area contributed by atoms with Crippen molar-refractivity contribution in [1.82, 2.24) is 16.0 Å². The van der Waals surface area contributed by atoms with Crippen LogP contribution in [0.5, 0.6) is 0 Å². The lowest BCUT2D eigenvalue weighted by atomic mass is 10.1. The average molecular weight is 331 g/mol. The van der Waals surface area contributed by atoms with Gasteiger partial charge in [-0.1, -0.05) is 39.0 Å². The molecule has 0 aliphatic rings. The Morgan fingerprint density at radius 2 is 1.61 bits per heavy atom. The molecule has 0 bridgehead atoms. The molecule has 0 spiro atoms. The van der Waals surface area contributed by atoms with Gasteiger partial charge in [-0.2, -0.15) is 0 Å². The summed E-state index contributed by atoms with van der Waals surface area (Å²) in [5, 5.41) is 25.0. The molecule has 2 atom stereocenters. The Bertz CT molecular complexity index is 376. The normalized spacial score (nSPS) is 13.0. The van der Waals surface area contributed by atoms with Crippen molar-refractivity contribution in [3.63, 3.8) is 0 Å². The Hall–Kier alpha value is -1.83. The molecule has 0 rings (SSSR count). The third kappa shape index (κ3) is 10.5. The van der Waals surface area contributed by atoms with Crippen molar-refractivity contribution in [2.75, 3.05) is 13.2 Å². The fraction of sp³-hybridized carbons (Fsp3) is 0.800. The first kappa shape index (κ1) is 21.2. The molecule has 0 aromatic heterocycles. The number of urea groups is 1. The van der Waals surface area contributed by atoms with Crippen LogP contribution in [0.15, 0.2) is 0 Å². The number of aliphatic carboxylic acids is 1. The highest BCUT2D eigenvalue weighted by Gasteiger charge is 2.23. The Morgan fingerprint density at radius 3 is 2.17 bits per heavy atom. The first-order valence-corrected chi connectivity index (χ1v) is 8.10. The largest absolute Gasteiger partial charge is 0.480 e. The fourth-order valence-corrected chi connectivity index (χ4v) is 1.89. The van der Waals surface area contributed by atoms with Crippen LogP contribution in [-0.2, 0) is 9.59 Å². The van der Waals surface area contributed by atoms with Gasteiger partial charge in [0.1, 0.15) is 12.1 Å². The van der Waals surface area contributed by atoms with Crippen molar-refractivity contribution in [2.45, 2.75) is 64.5 Å². The monoisotopic (exact) mass is 331 g/mol. The molecule has 3 amide bonds. The van der Waals surface area contributed by atoms with E-state index in [0.29, 0.717) is 6.54 Å². The van der Waals surface area contributed by atoms with Crippen LogP contribution in [0, 0.1) is 0 Å². The maximum absolute atomic E-state index is 11.7. The molecule has 0 heterocycles. The number of hydrogen-bond acceptors (Lipinski definition) is 4. The summed E-state index contributed by atoms with van der Waals surface area (Å²) in [6, 6.07) is -2.83. The molecule has 0 saturated carbocycles. The van der Waals surface area contributed by atoms with Crippen LogP contribution >= 0.6 is 0 Å². The van der Waals surface area contributed by atoms with Gasteiger partial charge < -0.3 is 26.2 Å². The smallest absolute Gasteiger partial charge is 0.325 e. The van der Waals surface area contributed by atoms with Crippen LogP contribution in [0.3, 0.4) is 0 Å². The summed E-state index contributed by atoms with van der Waals surface area (Å²) in [5.41, 5.74) is 0. The molecule has 0 aromatic carbocycles. The standard InChI is InChI=1S/C15H29N3O5/c1-3-4-5-6-7-8-9-16-15(23)18-12(10-19)13(20)17-11(2)14(21)22/h11-12,19H,3-10H2,1-2H3,(H,17,20)(H,21,22)(H2,16,18,23)/t11-,12-/m0/s1. The van der Waals surface area contributed by atoms with Crippen LogP contribution in [-0.4, -0.2) is 53.4 Å². The molecular weight excluding hydrogens is 302 g/mol. The number of carboxylic acids is 1. The minimum absolute atomic E-state index is 0.489. The summed E-state index contributed by atoms with van der Waals surface area (Å²) in [6.07, 6.45) is 6.61. The molecule has 0 aromatic rings. The van der Waals surface area contributed by atoms with Crippen LogP contribution < -0.4 is 16.0 Å². The van der Waals surface area contributed by atoms with E-state index in [1.165, 1.54) is 26.2 Å². The lowest BCUT2D eigenvalue weighted by Crippen LogP contribution is -2.54. The maximum atomic E-state index is 11.7. The number of carboxylic acid groups (broad SMARTS) is 1. The molecule has 0 saturated heterocycles. The van der Waals surface area contributed by atoms with Crippen LogP contribution in [0.1, 0.15) is 52.4 Å². The van der Waals surface area contributed by atoms with Gasteiger partial charge in [0.25, 0.3) is 0 Å². The summed E-state index contributed by atoms with van der Waals surface area (Å²) in [6.45, 7) is 3.33.